The Morgan fingerprint density at radius 1 is 1.56 bits per heavy atom. The van der Waals surface area contributed by atoms with Crippen LogP contribution in [0.3, 0.4) is 0 Å². The summed E-state index contributed by atoms with van der Waals surface area (Å²) < 4.78 is 5.02. The maximum absolute atomic E-state index is 11.8. The van der Waals surface area contributed by atoms with Crippen molar-refractivity contribution in [2.45, 2.75) is 50.3 Å². The molecule has 4 heteroatoms. The van der Waals surface area contributed by atoms with Gasteiger partial charge in [-0.1, -0.05) is 12.8 Å². The highest BCUT2D eigenvalue weighted by Gasteiger charge is 2.17. The third-order valence-electron chi connectivity index (χ3n) is 3.28. The summed E-state index contributed by atoms with van der Waals surface area (Å²) in [6.45, 7) is 2.03. The Labute approximate surface area is 113 Å². The van der Waals surface area contributed by atoms with E-state index in [9.17, 15) is 4.79 Å². The van der Waals surface area contributed by atoms with Crippen molar-refractivity contribution in [2.75, 3.05) is 5.75 Å². The molecule has 1 aromatic rings. The van der Waals surface area contributed by atoms with Crippen molar-refractivity contribution in [3.05, 3.63) is 24.2 Å². The predicted molar refractivity (Wildman–Crippen MR) is 74.7 cm³/mol. The van der Waals surface area contributed by atoms with Crippen molar-refractivity contribution in [2.24, 2.45) is 0 Å². The van der Waals surface area contributed by atoms with E-state index in [4.69, 9.17) is 4.42 Å². The average Bonchev–Trinajstić information content (AvgIpc) is 2.98. The van der Waals surface area contributed by atoms with Gasteiger partial charge in [0.05, 0.1) is 18.3 Å². The molecule has 0 saturated heterocycles. The minimum atomic E-state index is 0.155. The van der Waals surface area contributed by atoms with Crippen molar-refractivity contribution < 1.29 is 9.21 Å². The van der Waals surface area contributed by atoms with Crippen LogP contribution in [0.1, 0.15) is 38.2 Å². The first-order valence-corrected chi connectivity index (χ1v) is 7.71. The van der Waals surface area contributed by atoms with Gasteiger partial charge in [0.25, 0.3) is 0 Å². The summed E-state index contributed by atoms with van der Waals surface area (Å²) in [6.07, 6.45) is 9.45. The van der Waals surface area contributed by atoms with Crippen molar-refractivity contribution in [3.8, 4) is 0 Å². The number of carbonyl (C=O) groups is 1. The van der Waals surface area contributed by atoms with Crippen LogP contribution in [0.15, 0.2) is 23.0 Å². The summed E-state index contributed by atoms with van der Waals surface area (Å²) in [7, 11) is 0. The van der Waals surface area contributed by atoms with Gasteiger partial charge in [0.15, 0.2) is 0 Å². The summed E-state index contributed by atoms with van der Waals surface area (Å²) in [5.41, 5.74) is 1.13. The Balaban J connectivity index is 1.63. The SMILES string of the molecule is CC(Cc1ccoc1)NC(=O)CSC1CCCC1. The first kappa shape index (κ1) is 13.5. The molecule has 0 spiro atoms. The van der Waals surface area contributed by atoms with Crippen LogP contribution in [0, 0.1) is 0 Å². The van der Waals surface area contributed by atoms with Gasteiger partial charge in [-0.3, -0.25) is 4.79 Å². The van der Waals surface area contributed by atoms with Gasteiger partial charge in [0, 0.05) is 11.3 Å². The van der Waals surface area contributed by atoms with Gasteiger partial charge < -0.3 is 9.73 Å². The fourth-order valence-electron chi connectivity index (χ4n) is 2.38. The maximum atomic E-state index is 11.8. The molecule has 18 heavy (non-hydrogen) atoms. The fourth-order valence-corrected chi connectivity index (χ4v) is 3.52. The Morgan fingerprint density at radius 3 is 3.00 bits per heavy atom. The van der Waals surface area contributed by atoms with Crippen molar-refractivity contribution in [3.63, 3.8) is 0 Å². The van der Waals surface area contributed by atoms with Crippen LogP contribution in [0.2, 0.25) is 0 Å². The lowest BCUT2D eigenvalue weighted by molar-refractivity contribution is -0.119. The molecule has 1 amide bonds. The molecule has 0 aliphatic heterocycles. The lowest BCUT2D eigenvalue weighted by Crippen LogP contribution is -2.35. The molecule has 2 rings (SSSR count). The zero-order valence-electron chi connectivity index (χ0n) is 10.9. The molecule has 3 nitrogen and oxygen atoms in total. The molecule has 1 aliphatic rings. The zero-order chi connectivity index (χ0) is 12.8. The molecule has 1 N–H and O–H groups in total. The molecular formula is C14H21NO2S. The lowest BCUT2D eigenvalue weighted by Gasteiger charge is -2.14. The van der Waals surface area contributed by atoms with Crippen molar-refractivity contribution >= 4 is 17.7 Å². The van der Waals surface area contributed by atoms with E-state index >= 15 is 0 Å². The zero-order valence-corrected chi connectivity index (χ0v) is 11.7. The molecule has 0 radical (unpaired) electrons. The van der Waals surface area contributed by atoms with Crippen LogP contribution in [0.4, 0.5) is 0 Å². The molecule has 1 heterocycles. The maximum Gasteiger partial charge on any atom is 0.230 e. The highest BCUT2D eigenvalue weighted by molar-refractivity contribution is 8.00. The van der Waals surface area contributed by atoms with E-state index in [1.54, 1.807) is 12.5 Å². The highest BCUT2D eigenvalue weighted by Crippen LogP contribution is 2.29. The first-order chi connectivity index (χ1) is 8.74. The number of rotatable bonds is 6. The first-order valence-electron chi connectivity index (χ1n) is 6.66. The van der Waals surface area contributed by atoms with Crippen molar-refractivity contribution in [1.82, 2.24) is 5.32 Å². The topological polar surface area (TPSA) is 42.2 Å². The van der Waals surface area contributed by atoms with Gasteiger partial charge in [-0.2, -0.15) is 0 Å². The number of hydrogen-bond acceptors (Lipinski definition) is 3. The third-order valence-corrected chi connectivity index (χ3v) is 4.65. The number of furan rings is 1. The molecule has 1 aliphatic carbocycles. The molecule has 0 bridgehead atoms. The molecule has 0 aromatic carbocycles. The second kappa shape index (κ2) is 6.88. The summed E-state index contributed by atoms with van der Waals surface area (Å²) in [4.78, 5) is 11.8. The largest absolute Gasteiger partial charge is 0.472 e. The van der Waals surface area contributed by atoms with Gasteiger partial charge in [0.1, 0.15) is 0 Å². The van der Waals surface area contributed by atoms with E-state index in [-0.39, 0.29) is 11.9 Å². The van der Waals surface area contributed by atoms with Crippen LogP contribution in [0.5, 0.6) is 0 Å². The Kier molecular flexibility index (Phi) is 5.17. The smallest absolute Gasteiger partial charge is 0.230 e. The van der Waals surface area contributed by atoms with E-state index in [0.29, 0.717) is 11.0 Å². The van der Waals surface area contributed by atoms with Gasteiger partial charge >= 0.3 is 0 Å². The van der Waals surface area contributed by atoms with E-state index < -0.39 is 0 Å². The van der Waals surface area contributed by atoms with E-state index in [2.05, 4.69) is 5.32 Å². The summed E-state index contributed by atoms with van der Waals surface area (Å²) in [5.74, 6) is 0.753. The van der Waals surface area contributed by atoms with Crippen LogP contribution >= 0.6 is 11.8 Å². The van der Waals surface area contributed by atoms with E-state index in [1.165, 1.54) is 25.7 Å². The molecule has 100 valence electrons. The molecule has 1 atom stereocenters. The molecule has 1 saturated carbocycles. The second-order valence-corrected chi connectivity index (χ2v) is 6.31. The van der Waals surface area contributed by atoms with Gasteiger partial charge in [-0.15, -0.1) is 11.8 Å². The fraction of sp³-hybridized carbons (Fsp3) is 0.643. The minimum Gasteiger partial charge on any atom is -0.472 e. The second-order valence-electron chi connectivity index (χ2n) is 5.02. The third kappa shape index (κ3) is 4.41. The van der Waals surface area contributed by atoms with Gasteiger partial charge in [0.2, 0.25) is 5.91 Å². The number of amides is 1. The monoisotopic (exact) mass is 267 g/mol. The quantitative estimate of drug-likeness (QED) is 0.861. The van der Waals surface area contributed by atoms with E-state index in [0.717, 1.165) is 12.0 Å². The molecule has 1 fully saturated rings. The minimum absolute atomic E-state index is 0.155. The normalized spacial score (nSPS) is 17.8. The predicted octanol–water partition coefficient (Wildman–Crippen LogP) is 3.00. The Morgan fingerprint density at radius 2 is 2.33 bits per heavy atom. The summed E-state index contributed by atoms with van der Waals surface area (Å²) >= 11 is 1.81. The van der Waals surface area contributed by atoms with Gasteiger partial charge in [-0.05, 0) is 37.8 Å². The van der Waals surface area contributed by atoms with Crippen LogP contribution in [-0.4, -0.2) is 23.0 Å². The van der Waals surface area contributed by atoms with E-state index in [1.807, 2.05) is 24.8 Å². The highest BCUT2D eigenvalue weighted by atomic mass is 32.2. The standard InChI is InChI=1S/C14H21NO2S/c1-11(8-12-6-7-17-9-12)15-14(16)10-18-13-4-2-3-5-13/h6-7,9,11,13H,2-5,8,10H2,1H3,(H,15,16). The molecular weight excluding hydrogens is 246 g/mol. The Hall–Kier alpha value is -0.900. The summed E-state index contributed by atoms with van der Waals surface area (Å²) in [5, 5.41) is 3.75. The van der Waals surface area contributed by atoms with Crippen LogP contribution in [0.25, 0.3) is 0 Å². The molecule has 1 aromatic heterocycles. The van der Waals surface area contributed by atoms with Crippen molar-refractivity contribution in [1.29, 1.82) is 0 Å². The lowest BCUT2D eigenvalue weighted by atomic mass is 10.1. The average molecular weight is 267 g/mol. The summed E-state index contributed by atoms with van der Waals surface area (Å²) in [6, 6.07) is 2.11. The van der Waals surface area contributed by atoms with Crippen LogP contribution in [-0.2, 0) is 11.2 Å². The Bertz CT molecular complexity index is 358. The van der Waals surface area contributed by atoms with Gasteiger partial charge in [-0.25, -0.2) is 0 Å². The number of carbonyl (C=O) groups excluding carboxylic acids is 1. The molecule has 1 unspecified atom stereocenters. The number of thioether (sulfide) groups is 1. The number of nitrogens with one attached hydrogen (secondary N) is 1. The number of hydrogen-bond donors (Lipinski definition) is 1. The van der Waals surface area contributed by atoms with Crippen LogP contribution < -0.4 is 5.32 Å².